The van der Waals surface area contributed by atoms with Crippen molar-refractivity contribution in [3.63, 3.8) is 0 Å². The summed E-state index contributed by atoms with van der Waals surface area (Å²) in [6.45, 7) is 5.06. The number of aromatic hydroxyl groups is 1. The van der Waals surface area contributed by atoms with Crippen LogP contribution in [-0.4, -0.2) is 16.8 Å². The fourth-order valence-electron chi connectivity index (χ4n) is 2.90. The number of thiocarbonyl (C=S) groups is 1. The molecule has 0 fully saturated rings. The Balaban J connectivity index is 1.89. The highest BCUT2D eigenvalue weighted by Crippen LogP contribution is 2.25. The lowest BCUT2D eigenvalue weighted by molar-refractivity contribution is 0.340. The van der Waals surface area contributed by atoms with Gasteiger partial charge in [-0.2, -0.15) is 0 Å². The Morgan fingerprint density at radius 1 is 1.04 bits per heavy atom. The van der Waals surface area contributed by atoms with Crippen molar-refractivity contribution in [1.82, 2.24) is 0 Å². The van der Waals surface area contributed by atoms with Gasteiger partial charge in [0.2, 0.25) is 0 Å². The van der Waals surface area contributed by atoms with E-state index < -0.39 is 0 Å². The van der Waals surface area contributed by atoms with Gasteiger partial charge in [0.05, 0.1) is 13.2 Å². The van der Waals surface area contributed by atoms with E-state index in [1.54, 1.807) is 6.07 Å². The molecule has 4 nitrogen and oxygen atoms in total. The van der Waals surface area contributed by atoms with Crippen LogP contribution in [0, 0.1) is 6.92 Å². The van der Waals surface area contributed by atoms with E-state index >= 15 is 0 Å². The van der Waals surface area contributed by atoms with Crippen molar-refractivity contribution in [1.29, 1.82) is 0 Å². The van der Waals surface area contributed by atoms with Crippen LogP contribution in [0.3, 0.4) is 0 Å². The lowest BCUT2D eigenvalue weighted by atomic mass is 10.1. The number of hydrogen-bond acceptors (Lipinski definition) is 3. The van der Waals surface area contributed by atoms with Crippen LogP contribution in [0.15, 0.2) is 72.8 Å². The lowest BCUT2D eigenvalue weighted by Crippen LogP contribution is -2.34. The van der Waals surface area contributed by atoms with Crippen molar-refractivity contribution in [3.05, 3.63) is 83.9 Å². The predicted molar refractivity (Wildman–Crippen MR) is 119 cm³/mol. The summed E-state index contributed by atoms with van der Waals surface area (Å²) < 4.78 is 5.54. The van der Waals surface area contributed by atoms with Gasteiger partial charge in [-0.05, 0) is 74.1 Å². The number of phenolic OH excluding ortho intramolecular Hbond substituents is 1. The van der Waals surface area contributed by atoms with Crippen molar-refractivity contribution >= 4 is 28.7 Å². The van der Waals surface area contributed by atoms with Crippen LogP contribution in [0.4, 0.5) is 11.4 Å². The van der Waals surface area contributed by atoms with Gasteiger partial charge in [0, 0.05) is 16.9 Å². The number of ether oxygens (including phenoxy) is 1. The SMILES string of the molecule is CCOc1ccc(N(Cc2ccccc2O)C(=S)Nc2cccc(C)c2)cc1. The van der Waals surface area contributed by atoms with Crippen LogP contribution in [0.25, 0.3) is 0 Å². The van der Waals surface area contributed by atoms with Crippen LogP contribution >= 0.6 is 12.2 Å². The van der Waals surface area contributed by atoms with E-state index in [0.29, 0.717) is 18.3 Å². The second-order valence-corrected chi connectivity index (χ2v) is 6.83. The normalized spacial score (nSPS) is 10.4. The topological polar surface area (TPSA) is 44.7 Å². The smallest absolute Gasteiger partial charge is 0.178 e. The van der Waals surface area contributed by atoms with Crippen LogP contribution in [0.2, 0.25) is 0 Å². The van der Waals surface area contributed by atoms with Crippen LogP contribution in [0.1, 0.15) is 18.1 Å². The molecule has 0 aliphatic rings. The van der Waals surface area contributed by atoms with Gasteiger partial charge in [-0.3, -0.25) is 0 Å². The Hall–Kier alpha value is -3.05. The van der Waals surface area contributed by atoms with E-state index in [0.717, 1.165) is 28.3 Å². The average molecular weight is 393 g/mol. The fraction of sp³-hybridized carbons (Fsp3) is 0.174. The molecular formula is C23H24N2O2S. The standard InChI is InChI=1S/C23H24N2O2S/c1-3-27-21-13-11-20(12-14-21)25(16-18-8-4-5-10-22(18)26)23(28)24-19-9-6-7-17(2)15-19/h4-15,26H,3,16H2,1-2H3,(H,24,28). The van der Waals surface area contributed by atoms with Gasteiger partial charge in [-0.15, -0.1) is 0 Å². The van der Waals surface area contributed by atoms with E-state index in [4.69, 9.17) is 17.0 Å². The molecule has 0 saturated heterocycles. The first-order chi connectivity index (χ1) is 13.6. The average Bonchev–Trinajstić information content (AvgIpc) is 2.68. The zero-order valence-electron chi connectivity index (χ0n) is 16.1. The second kappa shape index (κ2) is 9.24. The van der Waals surface area contributed by atoms with Gasteiger partial charge in [0.1, 0.15) is 11.5 Å². The molecule has 0 heterocycles. The highest BCUT2D eigenvalue weighted by molar-refractivity contribution is 7.80. The molecule has 0 aromatic heterocycles. The summed E-state index contributed by atoms with van der Waals surface area (Å²) in [6, 6.07) is 23.1. The largest absolute Gasteiger partial charge is 0.508 e. The van der Waals surface area contributed by atoms with E-state index in [-0.39, 0.29) is 5.75 Å². The molecule has 0 radical (unpaired) electrons. The van der Waals surface area contributed by atoms with E-state index in [1.165, 1.54) is 0 Å². The number of phenols is 1. The predicted octanol–water partition coefficient (Wildman–Crippen LogP) is 5.50. The van der Waals surface area contributed by atoms with Crippen molar-refractivity contribution in [2.45, 2.75) is 20.4 Å². The zero-order chi connectivity index (χ0) is 19.9. The number of nitrogens with one attached hydrogen (secondary N) is 1. The third-order valence-electron chi connectivity index (χ3n) is 4.29. The molecule has 28 heavy (non-hydrogen) atoms. The molecule has 0 spiro atoms. The minimum absolute atomic E-state index is 0.247. The summed E-state index contributed by atoms with van der Waals surface area (Å²) >= 11 is 5.71. The molecule has 3 rings (SSSR count). The summed E-state index contributed by atoms with van der Waals surface area (Å²) in [6.07, 6.45) is 0. The van der Waals surface area contributed by atoms with Gasteiger partial charge in [-0.25, -0.2) is 0 Å². The maximum Gasteiger partial charge on any atom is 0.178 e. The third-order valence-corrected chi connectivity index (χ3v) is 4.62. The van der Waals surface area contributed by atoms with Crippen molar-refractivity contribution in [2.75, 3.05) is 16.8 Å². The molecule has 0 unspecified atom stereocenters. The fourth-order valence-corrected chi connectivity index (χ4v) is 3.19. The van der Waals surface area contributed by atoms with Crippen LogP contribution in [-0.2, 0) is 6.54 Å². The summed E-state index contributed by atoms with van der Waals surface area (Å²) in [4.78, 5) is 1.96. The molecule has 5 heteroatoms. The first-order valence-corrected chi connectivity index (χ1v) is 9.62. The van der Waals surface area contributed by atoms with Gasteiger partial charge >= 0.3 is 0 Å². The quantitative estimate of drug-likeness (QED) is 0.542. The van der Waals surface area contributed by atoms with Gasteiger partial charge in [-0.1, -0.05) is 30.3 Å². The maximum absolute atomic E-state index is 10.2. The van der Waals surface area contributed by atoms with Crippen LogP contribution in [0.5, 0.6) is 11.5 Å². The molecule has 2 N–H and O–H groups in total. The summed E-state index contributed by atoms with van der Waals surface area (Å²) in [5.41, 5.74) is 3.79. The Morgan fingerprint density at radius 3 is 2.46 bits per heavy atom. The Kier molecular flexibility index (Phi) is 6.50. The molecule has 3 aromatic carbocycles. The number of rotatable bonds is 6. The second-order valence-electron chi connectivity index (χ2n) is 6.44. The number of nitrogens with zero attached hydrogens (tertiary/aromatic N) is 1. The molecular weight excluding hydrogens is 368 g/mol. The Labute approximate surface area is 171 Å². The summed E-state index contributed by atoms with van der Waals surface area (Å²) in [5, 5.41) is 14.1. The molecule has 0 amide bonds. The molecule has 144 valence electrons. The number of para-hydroxylation sites is 1. The lowest BCUT2D eigenvalue weighted by Gasteiger charge is -2.27. The van der Waals surface area contributed by atoms with Gasteiger partial charge in [0.25, 0.3) is 0 Å². The molecule has 0 aliphatic heterocycles. The Bertz CT molecular complexity index is 941. The van der Waals surface area contributed by atoms with Gasteiger partial charge < -0.3 is 20.1 Å². The Morgan fingerprint density at radius 2 is 1.79 bits per heavy atom. The molecule has 0 aliphatic carbocycles. The minimum atomic E-state index is 0.247. The van der Waals surface area contributed by atoms with E-state index in [2.05, 4.69) is 5.32 Å². The number of anilines is 2. The highest BCUT2D eigenvalue weighted by atomic mass is 32.1. The molecule has 3 aromatic rings. The minimum Gasteiger partial charge on any atom is -0.508 e. The maximum atomic E-state index is 10.2. The van der Waals surface area contributed by atoms with Gasteiger partial charge in [0.15, 0.2) is 5.11 Å². The van der Waals surface area contributed by atoms with E-state index in [1.807, 2.05) is 85.5 Å². The first kappa shape index (κ1) is 19.7. The van der Waals surface area contributed by atoms with Crippen molar-refractivity contribution in [2.24, 2.45) is 0 Å². The highest BCUT2D eigenvalue weighted by Gasteiger charge is 2.15. The van der Waals surface area contributed by atoms with Crippen molar-refractivity contribution < 1.29 is 9.84 Å². The summed E-state index contributed by atoms with van der Waals surface area (Å²) in [7, 11) is 0. The monoisotopic (exact) mass is 392 g/mol. The number of hydrogen-bond donors (Lipinski definition) is 2. The molecule has 0 saturated carbocycles. The third kappa shape index (κ3) is 5.02. The first-order valence-electron chi connectivity index (χ1n) is 9.21. The zero-order valence-corrected chi connectivity index (χ0v) is 16.9. The van der Waals surface area contributed by atoms with E-state index in [9.17, 15) is 5.11 Å². The summed E-state index contributed by atoms with van der Waals surface area (Å²) in [5.74, 6) is 1.06. The van der Waals surface area contributed by atoms with Crippen LogP contribution < -0.4 is 15.0 Å². The molecule has 0 bridgehead atoms. The van der Waals surface area contributed by atoms with Crippen molar-refractivity contribution in [3.8, 4) is 11.5 Å². The number of aryl methyl sites for hydroxylation is 1. The molecule has 0 atom stereocenters. The number of benzene rings is 3.